The maximum Gasteiger partial charge on any atom is 0.310 e. The van der Waals surface area contributed by atoms with Crippen molar-refractivity contribution in [1.82, 2.24) is 15.5 Å². The summed E-state index contributed by atoms with van der Waals surface area (Å²) < 4.78 is 0. The lowest BCUT2D eigenvalue weighted by atomic mass is 10.2. The Labute approximate surface area is 79.7 Å². The monoisotopic (exact) mass is 184 g/mol. The molecule has 4 heteroatoms. The molecule has 1 heterocycles. The average molecular weight is 184 g/mol. The van der Waals surface area contributed by atoms with E-state index in [0.29, 0.717) is 6.04 Å². The topological polar surface area (TPSA) is 44.4 Å². The van der Waals surface area contributed by atoms with Gasteiger partial charge in [0.05, 0.1) is 6.17 Å². The Morgan fingerprint density at radius 2 is 2.54 bits per heavy atom. The molecule has 0 saturated carbocycles. The minimum Gasteiger partial charge on any atom is -0.332 e. The van der Waals surface area contributed by atoms with E-state index in [1.54, 1.807) is 6.41 Å². The highest BCUT2D eigenvalue weighted by atomic mass is 16.1. The standard InChI is InChI=1S/C9H18N3O/c1-3-9(11-7-13)12-5-4-10-6-8(12)2/h8-10H,3-6H2,1-2H3,(H,11,13). The lowest BCUT2D eigenvalue weighted by molar-refractivity contribution is 0.104. The Balaban J connectivity index is 2.49. The molecule has 0 spiro atoms. The highest BCUT2D eigenvalue weighted by molar-refractivity contribution is 5.47. The summed E-state index contributed by atoms with van der Waals surface area (Å²) in [6.07, 6.45) is 2.85. The van der Waals surface area contributed by atoms with E-state index < -0.39 is 0 Å². The Bertz CT molecular complexity index is 163. The lowest BCUT2D eigenvalue weighted by Crippen LogP contribution is -2.57. The van der Waals surface area contributed by atoms with Gasteiger partial charge in [-0.15, -0.1) is 0 Å². The molecule has 1 fully saturated rings. The summed E-state index contributed by atoms with van der Waals surface area (Å²) in [5, 5.41) is 6.04. The largest absolute Gasteiger partial charge is 0.332 e. The number of carbonyl (C=O) groups excluding carboxylic acids is 1. The Morgan fingerprint density at radius 3 is 3.08 bits per heavy atom. The molecule has 2 atom stereocenters. The molecule has 2 N–H and O–H groups in total. The number of nitrogens with zero attached hydrogens (tertiary/aromatic N) is 1. The van der Waals surface area contributed by atoms with Crippen LogP contribution in [0.4, 0.5) is 0 Å². The number of nitrogens with one attached hydrogen (secondary N) is 2. The quantitative estimate of drug-likeness (QED) is 0.588. The summed E-state index contributed by atoms with van der Waals surface area (Å²) in [5.41, 5.74) is 0. The first-order valence-corrected chi connectivity index (χ1v) is 4.88. The summed E-state index contributed by atoms with van der Waals surface area (Å²) in [4.78, 5) is 12.6. The van der Waals surface area contributed by atoms with Gasteiger partial charge in [0.2, 0.25) is 0 Å². The highest BCUT2D eigenvalue weighted by Crippen LogP contribution is 2.08. The highest BCUT2D eigenvalue weighted by Gasteiger charge is 2.23. The predicted molar refractivity (Wildman–Crippen MR) is 51.9 cm³/mol. The first kappa shape index (κ1) is 10.5. The molecule has 0 aromatic carbocycles. The number of piperazine rings is 1. The van der Waals surface area contributed by atoms with Crippen molar-refractivity contribution in [2.45, 2.75) is 32.5 Å². The molecule has 1 aliphatic rings. The maximum atomic E-state index is 10.2. The van der Waals surface area contributed by atoms with E-state index >= 15 is 0 Å². The van der Waals surface area contributed by atoms with Crippen LogP contribution in [0.1, 0.15) is 20.3 Å². The first-order chi connectivity index (χ1) is 6.29. The Kier molecular flexibility index (Phi) is 4.18. The molecule has 0 bridgehead atoms. The minimum atomic E-state index is 0.148. The van der Waals surface area contributed by atoms with Gasteiger partial charge >= 0.3 is 6.41 Å². The zero-order valence-corrected chi connectivity index (χ0v) is 8.34. The van der Waals surface area contributed by atoms with Crippen LogP contribution < -0.4 is 10.6 Å². The molecule has 0 aromatic heterocycles. The van der Waals surface area contributed by atoms with Crippen LogP contribution in [-0.4, -0.2) is 43.2 Å². The molecular formula is C9H18N3O. The van der Waals surface area contributed by atoms with Gasteiger partial charge in [-0.05, 0) is 13.3 Å². The predicted octanol–water partition coefficient (Wildman–Crippen LogP) is -0.327. The average Bonchev–Trinajstić information content (AvgIpc) is 2.16. The molecule has 0 aliphatic carbocycles. The molecule has 1 amide bonds. The number of hydrogen-bond acceptors (Lipinski definition) is 3. The molecule has 1 aliphatic heterocycles. The summed E-state index contributed by atoms with van der Waals surface area (Å²) in [5.74, 6) is 0. The van der Waals surface area contributed by atoms with E-state index in [0.717, 1.165) is 26.1 Å². The fraction of sp³-hybridized carbons (Fsp3) is 0.889. The van der Waals surface area contributed by atoms with Crippen molar-refractivity contribution in [3.8, 4) is 0 Å². The minimum absolute atomic E-state index is 0.148. The SMILES string of the molecule is CCC(N[C]=O)N1CCNCC1C. The molecular weight excluding hydrogens is 166 g/mol. The summed E-state index contributed by atoms with van der Waals surface area (Å²) >= 11 is 0. The van der Waals surface area contributed by atoms with Crippen molar-refractivity contribution in [1.29, 1.82) is 0 Å². The molecule has 1 radical (unpaired) electrons. The van der Waals surface area contributed by atoms with Crippen molar-refractivity contribution in [3.05, 3.63) is 0 Å². The van der Waals surface area contributed by atoms with Crippen molar-refractivity contribution in [2.24, 2.45) is 0 Å². The second-order valence-corrected chi connectivity index (χ2v) is 3.46. The number of hydrogen-bond donors (Lipinski definition) is 2. The normalized spacial score (nSPS) is 26.8. The molecule has 75 valence electrons. The van der Waals surface area contributed by atoms with E-state index in [2.05, 4.69) is 29.4 Å². The summed E-state index contributed by atoms with van der Waals surface area (Å²) in [7, 11) is 0. The van der Waals surface area contributed by atoms with E-state index in [1.807, 2.05) is 0 Å². The van der Waals surface area contributed by atoms with Gasteiger partial charge in [-0.3, -0.25) is 9.69 Å². The van der Waals surface area contributed by atoms with Gasteiger partial charge in [0.25, 0.3) is 0 Å². The lowest BCUT2D eigenvalue weighted by Gasteiger charge is -2.39. The van der Waals surface area contributed by atoms with Crippen LogP contribution in [0.3, 0.4) is 0 Å². The van der Waals surface area contributed by atoms with Gasteiger partial charge < -0.3 is 10.6 Å². The molecule has 4 nitrogen and oxygen atoms in total. The zero-order valence-electron chi connectivity index (χ0n) is 8.34. The third-order valence-corrected chi connectivity index (χ3v) is 2.57. The van der Waals surface area contributed by atoms with Crippen LogP contribution >= 0.6 is 0 Å². The van der Waals surface area contributed by atoms with Gasteiger partial charge in [-0.1, -0.05) is 6.92 Å². The molecule has 1 rings (SSSR count). The van der Waals surface area contributed by atoms with Crippen LogP contribution in [0, 0.1) is 0 Å². The Morgan fingerprint density at radius 1 is 1.77 bits per heavy atom. The molecule has 2 unspecified atom stereocenters. The Hall–Kier alpha value is -0.610. The van der Waals surface area contributed by atoms with Gasteiger partial charge in [-0.25, -0.2) is 0 Å². The smallest absolute Gasteiger partial charge is 0.310 e. The van der Waals surface area contributed by atoms with E-state index in [9.17, 15) is 4.79 Å². The van der Waals surface area contributed by atoms with E-state index in [1.165, 1.54) is 0 Å². The third kappa shape index (κ3) is 2.67. The van der Waals surface area contributed by atoms with Crippen molar-refractivity contribution in [2.75, 3.05) is 19.6 Å². The van der Waals surface area contributed by atoms with Crippen molar-refractivity contribution < 1.29 is 4.79 Å². The third-order valence-electron chi connectivity index (χ3n) is 2.57. The summed E-state index contributed by atoms with van der Waals surface area (Å²) in [6, 6.07) is 0.486. The number of amides is 1. The van der Waals surface area contributed by atoms with Crippen LogP contribution in [0.15, 0.2) is 0 Å². The van der Waals surface area contributed by atoms with Crippen LogP contribution in [0.25, 0.3) is 0 Å². The van der Waals surface area contributed by atoms with E-state index in [-0.39, 0.29) is 6.17 Å². The molecule has 0 aromatic rings. The summed E-state index contributed by atoms with van der Waals surface area (Å²) in [6.45, 7) is 7.23. The van der Waals surface area contributed by atoms with Crippen molar-refractivity contribution in [3.63, 3.8) is 0 Å². The fourth-order valence-electron chi connectivity index (χ4n) is 1.81. The van der Waals surface area contributed by atoms with Gasteiger partial charge in [-0.2, -0.15) is 0 Å². The second-order valence-electron chi connectivity index (χ2n) is 3.46. The molecule has 1 saturated heterocycles. The van der Waals surface area contributed by atoms with Crippen LogP contribution in [0.5, 0.6) is 0 Å². The molecule has 13 heavy (non-hydrogen) atoms. The second kappa shape index (κ2) is 5.19. The van der Waals surface area contributed by atoms with Crippen molar-refractivity contribution >= 4 is 6.41 Å². The number of rotatable bonds is 4. The van der Waals surface area contributed by atoms with Gasteiger partial charge in [0.15, 0.2) is 0 Å². The van der Waals surface area contributed by atoms with Crippen LogP contribution in [-0.2, 0) is 4.79 Å². The first-order valence-electron chi connectivity index (χ1n) is 4.88. The van der Waals surface area contributed by atoms with Gasteiger partial charge in [0, 0.05) is 25.7 Å². The van der Waals surface area contributed by atoms with Crippen LogP contribution in [0.2, 0.25) is 0 Å². The zero-order chi connectivity index (χ0) is 9.68. The van der Waals surface area contributed by atoms with E-state index in [4.69, 9.17) is 0 Å². The van der Waals surface area contributed by atoms with Gasteiger partial charge in [0.1, 0.15) is 0 Å². The maximum absolute atomic E-state index is 10.2. The fourth-order valence-corrected chi connectivity index (χ4v) is 1.81.